The Morgan fingerprint density at radius 3 is 2.65 bits per heavy atom. The molecule has 0 saturated carbocycles. The number of hydrogen-bond acceptors (Lipinski definition) is 1. The quantitative estimate of drug-likeness (QED) is 0.780. The lowest BCUT2D eigenvalue weighted by Gasteiger charge is -2.27. The van der Waals surface area contributed by atoms with Crippen molar-refractivity contribution in [3.63, 3.8) is 0 Å². The van der Waals surface area contributed by atoms with E-state index in [9.17, 15) is 4.79 Å². The van der Waals surface area contributed by atoms with Gasteiger partial charge in [0.2, 0.25) is 5.91 Å². The fraction of sp³-hybridized carbons (Fsp3) is 0.500. The van der Waals surface area contributed by atoms with Crippen molar-refractivity contribution in [2.75, 3.05) is 11.9 Å². The number of rotatable bonds is 4. The molecule has 0 radical (unpaired) electrons. The first kappa shape index (κ1) is 12.6. The molecule has 1 aliphatic heterocycles. The Kier molecular flexibility index (Phi) is 4.21. The molecule has 2 rings (SSSR count). The van der Waals surface area contributed by atoms with Crippen LogP contribution in [0.2, 0.25) is 0 Å². The van der Waals surface area contributed by atoms with Crippen LogP contribution < -0.4 is 0 Å². The number of amides is 1. The molecule has 0 aliphatic carbocycles. The van der Waals surface area contributed by atoms with Crippen molar-refractivity contribution in [2.45, 2.75) is 25.8 Å². The summed E-state index contributed by atoms with van der Waals surface area (Å²) >= 11 is 3.48. The topological polar surface area (TPSA) is 20.3 Å². The SMILES string of the molecule is CC[C@@H](c1ccccc1)N1CC(CBr)CC1=O. The zero-order chi connectivity index (χ0) is 12.3. The molecule has 2 atom stereocenters. The first-order valence-corrected chi connectivity index (χ1v) is 7.28. The van der Waals surface area contributed by atoms with E-state index in [1.165, 1.54) is 5.56 Å². The van der Waals surface area contributed by atoms with Gasteiger partial charge in [0, 0.05) is 18.3 Å². The lowest BCUT2D eigenvalue weighted by molar-refractivity contribution is -0.129. The summed E-state index contributed by atoms with van der Waals surface area (Å²) < 4.78 is 0. The summed E-state index contributed by atoms with van der Waals surface area (Å²) in [4.78, 5) is 14.1. The third-order valence-electron chi connectivity index (χ3n) is 3.40. The molecule has 1 unspecified atom stereocenters. The van der Waals surface area contributed by atoms with Crippen LogP contribution in [0.5, 0.6) is 0 Å². The van der Waals surface area contributed by atoms with Gasteiger partial charge in [-0.25, -0.2) is 0 Å². The normalized spacial score (nSPS) is 21.9. The minimum absolute atomic E-state index is 0.243. The van der Waals surface area contributed by atoms with E-state index in [1.54, 1.807) is 0 Å². The van der Waals surface area contributed by atoms with Crippen LogP contribution in [0.15, 0.2) is 30.3 Å². The first-order chi connectivity index (χ1) is 8.26. The summed E-state index contributed by atoms with van der Waals surface area (Å²) in [5, 5.41) is 0.917. The van der Waals surface area contributed by atoms with Gasteiger partial charge in [-0.2, -0.15) is 0 Å². The number of benzene rings is 1. The van der Waals surface area contributed by atoms with Crippen LogP contribution in [0, 0.1) is 5.92 Å². The van der Waals surface area contributed by atoms with E-state index in [-0.39, 0.29) is 6.04 Å². The Morgan fingerprint density at radius 2 is 2.12 bits per heavy atom. The number of halogens is 1. The lowest BCUT2D eigenvalue weighted by atomic mass is 10.0. The average Bonchev–Trinajstić information content (AvgIpc) is 2.73. The number of nitrogens with zero attached hydrogens (tertiary/aromatic N) is 1. The number of likely N-dealkylation sites (tertiary alicyclic amines) is 1. The number of hydrogen-bond donors (Lipinski definition) is 0. The van der Waals surface area contributed by atoms with Crippen molar-refractivity contribution in [3.05, 3.63) is 35.9 Å². The zero-order valence-electron chi connectivity index (χ0n) is 10.1. The fourth-order valence-corrected chi connectivity index (χ4v) is 2.96. The molecule has 92 valence electrons. The van der Waals surface area contributed by atoms with Crippen LogP contribution in [-0.2, 0) is 4.79 Å². The van der Waals surface area contributed by atoms with Gasteiger partial charge in [0.25, 0.3) is 0 Å². The number of alkyl halides is 1. The van der Waals surface area contributed by atoms with Gasteiger partial charge in [-0.05, 0) is 17.9 Å². The maximum absolute atomic E-state index is 12.0. The third kappa shape index (κ3) is 2.71. The van der Waals surface area contributed by atoms with Crippen LogP contribution in [0.1, 0.15) is 31.4 Å². The van der Waals surface area contributed by atoms with E-state index in [0.717, 1.165) is 18.3 Å². The van der Waals surface area contributed by atoms with Gasteiger partial charge in [-0.1, -0.05) is 53.2 Å². The molecule has 1 fully saturated rings. The fourth-order valence-electron chi connectivity index (χ4n) is 2.52. The molecule has 1 saturated heterocycles. The van der Waals surface area contributed by atoms with Crippen molar-refractivity contribution < 1.29 is 4.79 Å². The molecule has 2 nitrogen and oxygen atoms in total. The summed E-state index contributed by atoms with van der Waals surface area (Å²) in [5.41, 5.74) is 1.25. The smallest absolute Gasteiger partial charge is 0.223 e. The summed E-state index contributed by atoms with van der Waals surface area (Å²) in [5.74, 6) is 0.769. The molecule has 0 spiro atoms. The van der Waals surface area contributed by atoms with Gasteiger partial charge in [-0.15, -0.1) is 0 Å². The largest absolute Gasteiger partial charge is 0.335 e. The molecule has 1 amide bonds. The second-order valence-corrected chi connectivity index (χ2v) is 5.25. The monoisotopic (exact) mass is 295 g/mol. The molecule has 17 heavy (non-hydrogen) atoms. The molecule has 1 aliphatic rings. The molecule has 1 heterocycles. The number of carbonyl (C=O) groups is 1. The Hall–Kier alpha value is -0.830. The Bertz CT molecular complexity index is 379. The summed E-state index contributed by atoms with van der Waals surface area (Å²) in [6.07, 6.45) is 1.67. The molecule has 1 aromatic rings. The van der Waals surface area contributed by atoms with E-state index >= 15 is 0 Å². The van der Waals surface area contributed by atoms with Crippen molar-refractivity contribution in [2.24, 2.45) is 5.92 Å². The van der Waals surface area contributed by atoms with Crippen LogP contribution >= 0.6 is 15.9 Å². The van der Waals surface area contributed by atoms with Gasteiger partial charge in [0.15, 0.2) is 0 Å². The number of carbonyl (C=O) groups excluding carboxylic acids is 1. The van der Waals surface area contributed by atoms with E-state index < -0.39 is 0 Å². The Labute approximate surface area is 111 Å². The van der Waals surface area contributed by atoms with Crippen molar-refractivity contribution in [3.8, 4) is 0 Å². The molecule has 0 aromatic heterocycles. The van der Waals surface area contributed by atoms with Crippen LogP contribution in [0.3, 0.4) is 0 Å². The maximum Gasteiger partial charge on any atom is 0.223 e. The van der Waals surface area contributed by atoms with E-state index in [4.69, 9.17) is 0 Å². The predicted octanol–water partition coefficient (Wildman–Crippen LogP) is 3.38. The van der Waals surface area contributed by atoms with Crippen molar-refractivity contribution in [1.29, 1.82) is 0 Å². The summed E-state index contributed by atoms with van der Waals surface area (Å²) in [6, 6.07) is 10.6. The Balaban J connectivity index is 2.17. The van der Waals surface area contributed by atoms with E-state index in [2.05, 4.69) is 35.0 Å². The maximum atomic E-state index is 12.0. The van der Waals surface area contributed by atoms with Gasteiger partial charge >= 0.3 is 0 Å². The minimum Gasteiger partial charge on any atom is -0.335 e. The van der Waals surface area contributed by atoms with Gasteiger partial charge < -0.3 is 4.90 Å². The van der Waals surface area contributed by atoms with E-state index in [0.29, 0.717) is 18.2 Å². The first-order valence-electron chi connectivity index (χ1n) is 6.16. The minimum atomic E-state index is 0.243. The Morgan fingerprint density at radius 1 is 1.41 bits per heavy atom. The van der Waals surface area contributed by atoms with Gasteiger partial charge in [0.05, 0.1) is 6.04 Å². The zero-order valence-corrected chi connectivity index (χ0v) is 11.7. The predicted molar refractivity (Wildman–Crippen MR) is 73.1 cm³/mol. The van der Waals surface area contributed by atoms with Crippen molar-refractivity contribution >= 4 is 21.8 Å². The molecule has 3 heteroatoms. The summed E-state index contributed by atoms with van der Waals surface area (Å²) in [7, 11) is 0. The van der Waals surface area contributed by atoms with Gasteiger partial charge in [0.1, 0.15) is 0 Å². The molecular weight excluding hydrogens is 278 g/mol. The van der Waals surface area contributed by atoms with E-state index in [1.807, 2.05) is 23.1 Å². The molecule has 1 aromatic carbocycles. The highest BCUT2D eigenvalue weighted by atomic mass is 79.9. The molecule has 0 bridgehead atoms. The third-order valence-corrected chi connectivity index (χ3v) is 4.32. The second kappa shape index (κ2) is 5.67. The summed E-state index contributed by atoms with van der Waals surface area (Å²) in [6.45, 7) is 3.03. The van der Waals surface area contributed by atoms with Crippen LogP contribution in [0.4, 0.5) is 0 Å². The standard InChI is InChI=1S/C14H18BrNO/c1-2-13(12-6-4-3-5-7-12)16-10-11(9-15)8-14(16)17/h3-7,11,13H,2,8-10H2,1H3/t11?,13-/m0/s1. The lowest BCUT2D eigenvalue weighted by Crippen LogP contribution is -2.30. The molecule has 0 N–H and O–H groups in total. The highest BCUT2D eigenvalue weighted by Gasteiger charge is 2.33. The highest BCUT2D eigenvalue weighted by molar-refractivity contribution is 9.09. The van der Waals surface area contributed by atoms with Crippen LogP contribution in [0.25, 0.3) is 0 Å². The van der Waals surface area contributed by atoms with Crippen molar-refractivity contribution in [1.82, 2.24) is 4.90 Å². The highest BCUT2D eigenvalue weighted by Crippen LogP contribution is 2.31. The van der Waals surface area contributed by atoms with Crippen LogP contribution in [-0.4, -0.2) is 22.7 Å². The average molecular weight is 296 g/mol. The van der Waals surface area contributed by atoms with Gasteiger partial charge in [-0.3, -0.25) is 4.79 Å². The second-order valence-electron chi connectivity index (χ2n) is 4.61. The molecular formula is C14H18BrNO.